The second kappa shape index (κ2) is 10.7. The van der Waals surface area contributed by atoms with Gasteiger partial charge in [-0.25, -0.2) is 17.1 Å². The van der Waals surface area contributed by atoms with Crippen molar-refractivity contribution < 1.29 is 0 Å². The molecule has 3 nitrogen and oxygen atoms in total. The van der Waals surface area contributed by atoms with Gasteiger partial charge < -0.3 is 9.88 Å². The Morgan fingerprint density at radius 2 is 1.44 bits per heavy atom. The van der Waals surface area contributed by atoms with Crippen molar-refractivity contribution in [2.45, 2.75) is 26.1 Å². The second-order valence-corrected chi connectivity index (χ2v) is 10.6. The Morgan fingerprint density at radius 1 is 0.824 bits per heavy atom. The van der Waals surface area contributed by atoms with E-state index in [2.05, 4.69) is 137 Å². The fourth-order valence-electron chi connectivity index (χ4n) is 4.36. The molecular weight excluding hydrogens is 433 g/mol. The van der Waals surface area contributed by atoms with Crippen molar-refractivity contribution in [2.24, 2.45) is 0 Å². The Bertz CT molecular complexity index is 1250. The summed E-state index contributed by atoms with van der Waals surface area (Å²) >= 11 is 0. The van der Waals surface area contributed by atoms with Crippen LogP contribution in [0.4, 0.5) is 0 Å². The number of aromatic nitrogens is 2. The molecule has 0 aliphatic heterocycles. The molecule has 1 N–H and O–H groups in total. The highest BCUT2D eigenvalue weighted by molar-refractivity contribution is 7.79. The molecule has 0 aliphatic rings. The van der Waals surface area contributed by atoms with Crippen LogP contribution in [0, 0.1) is 0 Å². The van der Waals surface area contributed by atoms with Crippen LogP contribution in [-0.2, 0) is 13.1 Å². The van der Waals surface area contributed by atoms with Crippen molar-refractivity contribution in [3.8, 4) is 0 Å². The molecule has 5 aromatic rings. The maximum absolute atomic E-state index is 4.62. The summed E-state index contributed by atoms with van der Waals surface area (Å²) < 4.78 is 2.22. The summed E-state index contributed by atoms with van der Waals surface area (Å²) in [4.78, 5) is 4.62. The molecule has 0 aliphatic carbocycles. The van der Waals surface area contributed by atoms with Crippen molar-refractivity contribution in [1.82, 2.24) is 14.9 Å². The zero-order valence-electron chi connectivity index (χ0n) is 19.4. The van der Waals surface area contributed by atoms with Gasteiger partial charge >= 0.3 is 0 Å². The Labute approximate surface area is 203 Å². The number of imidazole rings is 1. The number of rotatable bonds is 9. The van der Waals surface area contributed by atoms with Gasteiger partial charge in [0.15, 0.2) is 0 Å². The summed E-state index contributed by atoms with van der Waals surface area (Å²) in [6.07, 6.45) is 3.95. The minimum absolute atomic E-state index is 0.212. The first-order valence-electron chi connectivity index (χ1n) is 11.7. The summed E-state index contributed by atoms with van der Waals surface area (Å²) in [6, 6.07) is 39.3. The molecule has 1 aromatic heterocycles. The SMILES string of the molecule is C[C@H](NCc1nccn1Cc1ccccc1)[c-]1cccc1P(c1ccccc1)c1ccccc1. The van der Waals surface area contributed by atoms with Gasteiger partial charge in [0.1, 0.15) is 5.82 Å². The molecule has 0 fully saturated rings. The summed E-state index contributed by atoms with van der Waals surface area (Å²) in [5, 5.41) is 7.91. The van der Waals surface area contributed by atoms with Crippen molar-refractivity contribution in [3.63, 3.8) is 0 Å². The van der Waals surface area contributed by atoms with Gasteiger partial charge in [-0.2, -0.15) is 6.07 Å². The van der Waals surface area contributed by atoms with E-state index in [1.54, 1.807) is 0 Å². The van der Waals surface area contributed by atoms with Crippen LogP contribution in [0.3, 0.4) is 0 Å². The molecule has 4 heteroatoms. The maximum Gasteiger partial charge on any atom is 0.122 e. The Balaban J connectivity index is 1.36. The standard InChI is InChI=1S/C30H29N3P/c1-24(32-22-30-31-20-21-33(30)23-25-12-5-2-6-13-25)28-18-11-19-29(28)34(26-14-7-3-8-15-26)27-16-9-4-10-17-27/h2-21,24,32H,22-23H2,1H3/q-1/t24-/m0/s1. The van der Waals surface area contributed by atoms with Crippen molar-refractivity contribution in [1.29, 1.82) is 0 Å². The first-order valence-corrected chi connectivity index (χ1v) is 13.1. The average Bonchev–Trinajstić information content (AvgIpc) is 3.55. The molecule has 170 valence electrons. The molecule has 5 rings (SSSR count). The third-order valence-corrected chi connectivity index (χ3v) is 8.64. The Kier molecular flexibility index (Phi) is 7.05. The zero-order valence-corrected chi connectivity index (χ0v) is 20.3. The second-order valence-electron chi connectivity index (χ2n) is 8.43. The van der Waals surface area contributed by atoms with E-state index < -0.39 is 7.92 Å². The van der Waals surface area contributed by atoms with Crippen molar-refractivity contribution >= 4 is 23.8 Å². The molecule has 34 heavy (non-hydrogen) atoms. The fourth-order valence-corrected chi connectivity index (χ4v) is 6.92. The van der Waals surface area contributed by atoms with Gasteiger partial charge in [0, 0.05) is 18.9 Å². The van der Waals surface area contributed by atoms with E-state index in [0.29, 0.717) is 0 Å². The van der Waals surface area contributed by atoms with Crippen molar-refractivity contribution in [2.75, 3.05) is 0 Å². The third kappa shape index (κ3) is 5.07. The molecule has 0 saturated carbocycles. The van der Waals surface area contributed by atoms with E-state index in [0.717, 1.165) is 18.9 Å². The smallest absolute Gasteiger partial charge is 0.122 e. The third-order valence-electron chi connectivity index (χ3n) is 6.13. The van der Waals surface area contributed by atoms with Crippen LogP contribution < -0.4 is 21.2 Å². The molecule has 0 radical (unpaired) electrons. The molecule has 1 atom stereocenters. The zero-order chi connectivity index (χ0) is 23.2. The highest BCUT2D eigenvalue weighted by Gasteiger charge is 2.17. The number of hydrogen-bond acceptors (Lipinski definition) is 2. The van der Waals surface area contributed by atoms with E-state index in [-0.39, 0.29) is 6.04 Å². The quantitative estimate of drug-likeness (QED) is 0.239. The summed E-state index contributed by atoms with van der Waals surface area (Å²) in [6.45, 7) is 3.81. The highest BCUT2D eigenvalue weighted by atomic mass is 31.1. The lowest BCUT2D eigenvalue weighted by Gasteiger charge is -2.28. The molecule has 0 saturated heterocycles. The average molecular weight is 463 g/mol. The van der Waals surface area contributed by atoms with Crippen LogP contribution in [0.5, 0.6) is 0 Å². The van der Waals surface area contributed by atoms with Gasteiger partial charge in [-0.15, -0.1) is 10.9 Å². The highest BCUT2D eigenvalue weighted by Crippen LogP contribution is 2.36. The van der Waals surface area contributed by atoms with Crippen LogP contribution in [0.15, 0.2) is 122 Å². The number of benzene rings is 3. The molecule has 1 heterocycles. The van der Waals surface area contributed by atoms with Crippen LogP contribution >= 0.6 is 7.92 Å². The normalized spacial score (nSPS) is 12.2. The molecule has 0 spiro atoms. The lowest BCUT2D eigenvalue weighted by Crippen LogP contribution is -2.27. The predicted molar refractivity (Wildman–Crippen MR) is 144 cm³/mol. The molecule has 0 amide bonds. The minimum atomic E-state index is -0.618. The topological polar surface area (TPSA) is 29.9 Å². The van der Waals surface area contributed by atoms with Gasteiger partial charge in [-0.1, -0.05) is 97.9 Å². The first-order chi connectivity index (χ1) is 16.8. The maximum atomic E-state index is 4.62. The Morgan fingerprint density at radius 3 is 2.09 bits per heavy atom. The number of nitrogens with zero attached hydrogens (tertiary/aromatic N) is 2. The number of nitrogens with one attached hydrogen (secondary N) is 1. The van der Waals surface area contributed by atoms with E-state index in [1.165, 1.54) is 27.0 Å². The van der Waals surface area contributed by atoms with Gasteiger partial charge in [0.05, 0.1) is 6.54 Å². The van der Waals surface area contributed by atoms with Crippen LogP contribution in [0.2, 0.25) is 0 Å². The molecular formula is C30H29N3P-. The minimum Gasteiger partial charge on any atom is -0.329 e. The van der Waals surface area contributed by atoms with E-state index in [4.69, 9.17) is 0 Å². The van der Waals surface area contributed by atoms with Gasteiger partial charge in [-0.3, -0.25) is 0 Å². The lowest BCUT2D eigenvalue weighted by atomic mass is 10.2. The monoisotopic (exact) mass is 462 g/mol. The molecule has 4 aromatic carbocycles. The van der Waals surface area contributed by atoms with Crippen LogP contribution in [0.1, 0.15) is 29.9 Å². The van der Waals surface area contributed by atoms with Gasteiger partial charge in [0.25, 0.3) is 0 Å². The van der Waals surface area contributed by atoms with Crippen LogP contribution in [0.25, 0.3) is 0 Å². The van der Waals surface area contributed by atoms with Gasteiger partial charge in [-0.05, 0) is 30.1 Å². The fraction of sp³-hybridized carbons (Fsp3) is 0.133. The largest absolute Gasteiger partial charge is 0.329 e. The van der Waals surface area contributed by atoms with Crippen LogP contribution in [-0.4, -0.2) is 9.55 Å². The molecule has 0 unspecified atom stereocenters. The summed E-state index contributed by atoms with van der Waals surface area (Å²) in [7, 11) is -0.618. The Hall–Kier alpha value is -3.39. The van der Waals surface area contributed by atoms with E-state index in [1.807, 2.05) is 6.20 Å². The number of hydrogen-bond donors (Lipinski definition) is 1. The lowest BCUT2D eigenvalue weighted by molar-refractivity contribution is 0.545. The van der Waals surface area contributed by atoms with E-state index >= 15 is 0 Å². The van der Waals surface area contributed by atoms with E-state index in [9.17, 15) is 0 Å². The summed E-state index contributed by atoms with van der Waals surface area (Å²) in [5.41, 5.74) is 2.64. The first kappa shape index (κ1) is 22.4. The van der Waals surface area contributed by atoms with Crippen molar-refractivity contribution in [3.05, 3.63) is 139 Å². The predicted octanol–water partition coefficient (Wildman–Crippen LogP) is 5.26. The molecule has 0 bridgehead atoms. The van der Waals surface area contributed by atoms with Gasteiger partial charge in [0.2, 0.25) is 0 Å². The summed E-state index contributed by atoms with van der Waals surface area (Å²) in [5.74, 6) is 1.05.